The Balaban J connectivity index is 1.45. The van der Waals surface area contributed by atoms with Crippen LogP contribution in [0.4, 0.5) is 11.5 Å². The summed E-state index contributed by atoms with van der Waals surface area (Å²) in [4.78, 5) is 31.5. The number of hydrogen-bond acceptors (Lipinski definition) is 3. The van der Waals surface area contributed by atoms with Crippen molar-refractivity contribution in [2.45, 2.75) is 19.4 Å². The Labute approximate surface area is 163 Å². The van der Waals surface area contributed by atoms with Crippen molar-refractivity contribution >= 4 is 23.3 Å². The van der Waals surface area contributed by atoms with Gasteiger partial charge in [-0.2, -0.15) is 0 Å². The Bertz CT molecular complexity index is 997. The molecular weight excluding hydrogens is 352 g/mol. The normalized spacial score (nSPS) is 16.4. The van der Waals surface area contributed by atoms with Crippen molar-refractivity contribution in [2.75, 3.05) is 17.3 Å². The molecular formula is C22H22N4O2. The van der Waals surface area contributed by atoms with Crippen LogP contribution in [0.2, 0.25) is 0 Å². The quantitative estimate of drug-likeness (QED) is 0.714. The summed E-state index contributed by atoms with van der Waals surface area (Å²) in [6.45, 7) is 0.671. The average molecular weight is 374 g/mol. The number of aryl methyl sites for hydroxylation is 1. The molecule has 2 amide bonds. The van der Waals surface area contributed by atoms with Gasteiger partial charge in [-0.1, -0.05) is 48.5 Å². The minimum Gasteiger partial charge on any atom is -0.331 e. The second-order valence-corrected chi connectivity index (χ2v) is 7.02. The number of para-hydroxylation sites is 1. The molecule has 2 aromatic carbocycles. The highest BCUT2D eigenvalue weighted by Gasteiger charge is 2.33. The second kappa shape index (κ2) is 7.68. The minimum absolute atomic E-state index is 0.189. The lowest BCUT2D eigenvalue weighted by Gasteiger charge is -2.20. The first kappa shape index (κ1) is 18.0. The Morgan fingerprint density at radius 3 is 2.71 bits per heavy atom. The zero-order valence-corrected chi connectivity index (χ0v) is 15.7. The van der Waals surface area contributed by atoms with Gasteiger partial charge in [0.15, 0.2) is 5.82 Å². The molecule has 28 heavy (non-hydrogen) atoms. The predicted molar refractivity (Wildman–Crippen MR) is 108 cm³/mol. The molecule has 1 atom stereocenters. The molecule has 1 unspecified atom stereocenters. The van der Waals surface area contributed by atoms with E-state index in [4.69, 9.17) is 0 Å². The lowest BCUT2D eigenvalue weighted by atomic mass is 9.99. The number of imidazole rings is 1. The molecule has 1 N–H and O–H groups in total. The molecule has 2 heterocycles. The number of carbonyl (C=O) groups excluding carboxylic acids is 2. The van der Waals surface area contributed by atoms with Gasteiger partial charge < -0.3 is 14.8 Å². The van der Waals surface area contributed by atoms with E-state index in [0.717, 1.165) is 16.8 Å². The molecule has 142 valence electrons. The van der Waals surface area contributed by atoms with Crippen molar-refractivity contribution in [3.05, 3.63) is 78.2 Å². The summed E-state index contributed by atoms with van der Waals surface area (Å²) >= 11 is 0. The molecule has 0 saturated carbocycles. The fraction of sp³-hybridized carbons (Fsp3) is 0.227. The molecule has 4 rings (SSSR count). The number of nitrogens with one attached hydrogen (secondary N) is 1. The van der Waals surface area contributed by atoms with E-state index >= 15 is 0 Å². The van der Waals surface area contributed by atoms with Crippen LogP contribution in [0.1, 0.15) is 17.5 Å². The monoisotopic (exact) mass is 374 g/mol. The van der Waals surface area contributed by atoms with Crippen LogP contribution >= 0.6 is 0 Å². The first-order valence-electron chi connectivity index (χ1n) is 9.34. The topological polar surface area (TPSA) is 67.2 Å². The zero-order valence-electron chi connectivity index (χ0n) is 15.7. The van der Waals surface area contributed by atoms with Crippen molar-refractivity contribution in [3.8, 4) is 0 Å². The van der Waals surface area contributed by atoms with Gasteiger partial charge in [-0.3, -0.25) is 9.59 Å². The number of fused-ring (bicyclic) bond motifs is 1. The Morgan fingerprint density at radius 1 is 1.14 bits per heavy atom. The van der Waals surface area contributed by atoms with Gasteiger partial charge in [-0.25, -0.2) is 4.98 Å². The first-order valence-corrected chi connectivity index (χ1v) is 9.34. The summed E-state index contributed by atoms with van der Waals surface area (Å²) < 4.78 is 1.90. The molecule has 6 heteroatoms. The van der Waals surface area contributed by atoms with Crippen molar-refractivity contribution in [1.82, 2.24) is 9.55 Å². The van der Waals surface area contributed by atoms with E-state index in [2.05, 4.69) is 10.3 Å². The molecule has 1 aliphatic heterocycles. The largest absolute Gasteiger partial charge is 0.331 e. The molecule has 3 aromatic rings. The fourth-order valence-corrected chi connectivity index (χ4v) is 3.59. The summed E-state index contributed by atoms with van der Waals surface area (Å²) in [6.07, 6.45) is 4.63. The first-order chi connectivity index (χ1) is 13.6. The number of rotatable bonds is 4. The van der Waals surface area contributed by atoms with E-state index in [1.54, 1.807) is 24.5 Å². The Morgan fingerprint density at radius 2 is 1.89 bits per heavy atom. The van der Waals surface area contributed by atoms with Gasteiger partial charge >= 0.3 is 0 Å². The van der Waals surface area contributed by atoms with Crippen molar-refractivity contribution in [3.63, 3.8) is 0 Å². The van der Waals surface area contributed by atoms with Crippen LogP contribution in [-0.4, -0.2) is 28.4 Å². The number of amides is 2. The van der Waals surface area contributed by atoms with Crippen molar-refractivity contribution in [2.24, 2.45) is 5.92 Å². The van der Waals surface area contributed by atoms with Crippen LogP contribution in [0.25, 0.3) is 0 Å². The smallest absolute Gasteiger partial charge is 0.239 e. The van der Waals surface area contributed by atoms with Gasteiger partial charge in [0, 0.05) is 25.5 Å². The maximum atomic E-state index is 12.8. The summed E-state index contributed by atoms with van der Waals surface area (Å²) in [5.74, 6) is -0.768. The minimum atomic E-state index is -0.725. The highest BCUT2D eigenvalue weighted by Crippen LogP contribution is 2.28. The van der Waals surface area contributed by atoms with Gasteiger partial charge in [0.25, 0.3) is 0 Å². The maximum Gasteiger partial charge on any atom is 0.239 e. The summed E-state index contributed by atoms with van der Waals surface area (Å²) in [5.41, 5.74) is 3.10. The predicted octanol–water partition coefficient (Wildman–Crippen LogP) is 3.10. The van der Waals surface area contributed by atoms with E-state index in [9.17, 15) is 9.59 Å². The van der Waals surface area contributed by atoms with Crippen molar-refractivity contribution in [1.29, 1.82) is 0 Å². The van der Waals surface area contributed by atoms with E-state index in [-0.39, 0.29) is 11.8 Å². The van der Waals surface area contributed by atoms with Crippen LogP contribution in [0.5, 0.6) is 0 Å². The van der Waals surface area contributed by atoms with E-state index < -0.39 is 5.92 Å². The number of carbonyl (C=O) groups is 2. The van der Waals surface area contributed by atoms with E-state index in [1.165, 1.54) is 0 Å². The number of aromatic nitrogens is 2. The summed E-state index contributed by atoms with van der Waals surface area (Å²) in [5, 5.41) is 2.80. The highest BCUT2D eigenvalue weighted by molar-refractivity contribution is 6.11. The Kier molecular flexibility index (Phi) is 4.93. The number of anilines is 2. The van der Waals surface area contributed by atoms with Gasteiger partial charge in [-0.15, -0.1) is 0 Å². The van der Waals surface area contributed by atoms with Gasteiger partial charge in [0.1, 0.15) is 5.92 Å². The lowest BCUT2D eigenvalue weighted by molar-refractivity contribution is -0.130. The van der Waals surface area contributed by atoms with Gasteiger partial charge in [0.2, 0.25) is 11.8 Å². The molecule has 0 spiro atoms. The summed E-state index contributed by atoms with van der Waals surface area (Å²) in [7, 11) is 1.72. The zero-order chi connectivity index (χ0) is 19.5. The third-order valence-corrected chi connectivity index (χ3v) is 5.09. The SMILES string of the molecule is CN1C(=O)C(C(=O)Nc2cn(Cc3ccccc3)cn2)CCc2ccccc21. The average Bonchev–Trinajstić information content (AvgIpc) is 3.10. The molecule has 0 radical (unpaired) electrons. The van der Waals surface area contributed by atoms with Crippen LogP contribution in [0.3, 0.4) is 0 Å². The highest BCUT2D eigenvalue weighted by atomic mass is 16.2. The van der Waals surface area contributed by atoms with Crippen LogP contribution in [-0.2, 0) is 22.6 Å². The number of benzene rings is 2. The van der Waals surface area contributed by atoms with Crippen LogP contribution in [0.15, 0.2) is 67.1 Å². The summed E-state index contributed by atoms with van der Waals surface area (Å²) in [6, 6.07) is 17.8. The maximum absolute atomic E-state index is 12.8. The molecule has 1 aromatic heterocycles. The molecule has 6 nitrogen and oxygen atoms in total. The number of hydrogen-bond donors (Lipinski definition) is 1. The molecule has 0 saturated heterocycles. The van der Waals surface area contributed by atoms with Crippen LogP contribution in [0, 0.1) is 5.92 Å². The van der Waals surface area contributed by atoms with Crippen LogP contribution < -0.4 is 10.2 Å². The third-order valence-electron chi connectivity index (χ3n) is 5.09. The molecule has 0 aliphatic carbocycles. The van der Waals surface area contributed by atoms with Crippen molar-refractivity contribution < 1.29 is 9.59 Å². The standard InChI is InChI=1S/C22H22N4O2/c1-25-19-10-6-5-9-17(19)11-12-18(22(25)28)21(27)24-20-14-26(15-23-20)13-16-7-3-2-4-8-16/h2-10,14-15,18H,11-13H2,1H3,(H,24,27). The van der Waals surface area contributed by atoms with E-state index in [1.807, 2.05) is 59.2 Å². The van der Waals surface area contributed by atoms with E-state index in [0.29, 0.717) is 25.2 Å². The Hall–Kier alpha value is -3.41. The second-order valence-electron chi connectivity index (χ2n) is 7.02. The van der Waals surface area contributed by atoms with Gasteiger partial charge in [0.05, 0.1) is 6.33 Å². The third kappa shape index (κ3) is 3.67. The molecule has 1 aliphatic rings. The van der Waals surface area contributed by atoms with Gasteiger partial charge in [-0.05, 0) is 30.0 Å². The number of nitrogens with zero attached hydrogens (tertiary/aromatic N) is 3. The molecule has 0 fully saturated rings. The lowest BCUT2D eigenvalue weighted by Crippen LogP contribution is -2.38. The molecule has 0 bridgehead atoms. The fourth-order valence-electron chi connectivity index (χ4n) is 3.59.